The van der Waals surface area contributed by atoms with E-state index < -0.39 is 6.10 Å². The van der Waals surface area contributed by atoms with E-state index in [0.717, 1.165) is 29.9 Å². The van der Waals surface area contributed by atoms with Crippen LogP contribution in [-0.4, -0.2) is 19.3 Å². The van der Waals surface area contributed by atoms with Gasteiger partial charge in [-0.2, -0.15) is 0 Å². The molecule has 0 aromatic heterocycles. The maximum atomic E-state index is 10.4. The van der Waals surface area contributed by atoms with E-state index in [-0.39, 0.29) is 0 Å². The van der Waals surface area contributed by atoms with Gasteiger partial charge in [0.2, 0.25) is 0 Å². The molecule has 1 unspecified atom stereocenters. The molecule has 0 radical (unpaired) electrons. The first-order valence-corrected chi connectivity index (χ1v) is 6.16. The van der Waals surface area contributed by atoms with Crippen LogP contribution >= 0.6 is 0 Å². The Kier molecular flexibility index (Phi) is 3.89. The third-order valence-electron chi connectivity index (χ3n) is 3.60. The molecule has 0 saturated heterocycles. The Hall–Kier alpha value is -1.22. The highest BCUT2D eigenvalue weighted by molar-refractivity contribution is 5.41. The summed E-state index contributed by atoms with van der Waals surface area (Å²) in [5.41, 5.74) is 0.846. The number of aliphatic hydroxyl groups is 1. The first-order valence-electron chi connectivity index (χ1n) is 6.16. The molecule has 1 aromatic carbocycles. The van der Waals surface area contributed by atoms with Gasteiger partial charge in [0.15, 0.2) is 0 Å². The van der Waals surface area contributed by atoms with Crippen LogP contribution in [0.25, 0.3) is 0 Å². The van der Waals surface area contributed by atoms with E-state index >= 15 is 0 Å². The summed E-state index contributed by atoms with van der Waals surface area (Å²) in [4.78, 5) is 0. The molecule has 0 heterocycles. The molecule has 1 aliphatic rings. The zero-order chi connectivity index (χ0) is 12.3. The van der Waals surface area contributed by atoms with Crippen molar-refractivity contribution in [2.45, 2.75) is 31.8 Å². The van der Waals surface area contributed by atoms with Gasteiger partial charge >= 0.3 is 0 Å². The maximum Gasteiger partial charge on any atom is 0.124 e. The van der Waals surface area contributed by atoms with Crippen molar-refractivity contribution in [3.63, 3.8) is 0 Å². The highest BCUT2D eigenvalue weighted by Gasteiger charge is 2.26. The smallest absolute Gasteiger partial charge is 0.124 e. The Labute approximate surface area is 102 Å². The summed E-state index contributed by atoms with van der Waals surface area (Å²) in [6.45, 7) is 0. The zero-order valence-corrected chi connectivity index (χ0v) is 10.5. The minimum Gasteiger partial charge on any atom is -0.497 e. The van der Waals surface area contributed by atoms with E-state index in [1.165, 1.54) is 12.8 Å². The van der Waals surface area contributed by atoms with Crippen molar-refractivity contribution in [1.82, 2.24) is 0 Å². The molecule has 1 saturated carbocycles. The first kappa shape index (κ1) is 12.2. The standard InChI is InChI=1S/C14H20O3/c1-16-11-7-8-13(17-2)12(9-11)14(15)10-5-3-4-6-10/h7-10,14-15H,3-6H2,1-2H3. The lowest BCUT2D eigenvalue weighted by molar-refractivity contribution is 0.108. The molecule has 1 N–H and O–H groups in total. The van der Waals surface area contributed by atoms with Crippen molar-refractivity contribution >= 4 is 0 Å². The zero-order valence-electron chi connectivity index (χ0n) is 10.5. The molecule has 3 nitrogen and oxygen atoms in total. The van der Waals surface area contributed by atoms with Crippen molar-refractivity contribution < 1.29 is 14.6 Å². The Morgan fingerprint density at radius 1 is 1.18 bits per heavy atom. The molecule has 0 bridgehead atoms. The summed E-state index contributed by atoms with van der Waals surface area (Å²) in [6, 6.07) is 5.58. The molecular weight excluding hydrogens is 216 g/mol. The molecule has 1 aromatic rings. The average molecular weight is 236 g/mol. The predicted octanol–water partition coefficient (Wildman–Crippen LogP) is 2.93. The van der Waals surface area contributed by atoms with Gasteiger partial charge in [-0.25, -0.2) is 0 Å². The second-order valence-corrected chi connectivity index (χ2v) is 4.60. The van der Waals surface area contributed by atoms with Gasteiger partial charge < -0.3 is 14.6 Å². The Morgan fingerprint density at radius 2 is 1.88 bits per heavy atom. The molecule has 1 fully saturated rings. The van der Waals surface area contributed by atoms with Gasteiger partial charge in [0, 0.05) is 5.56 Å². The van der Waals surface area contributed by atoms with Crippen LogP contribution in [-0.2, 0) is 0 Å². The van der Waals surface area contributed by atoms with Gasteiger partial charge in [-0.1, -0.05) is 12.8 Å². The van der Waals surface area contributed by atoms with Gasteiger partial charge in [0.1, 0.15) is 11.5 Å². The monoisotopic (exact) mass is 236 g/mol. The average Bonchev–Trinajstić information content (AvgIpc) is 2.91. The number of hydrogen-bond donors (Lipinski definition) is 1. The lowest BCUT2D eigenvalue weighted by Gasteiger charge is -2.20. The van der Waals surface area contributed by atoms with Crippen molar-refractivity contribution in [3.05, 3.63) is 23.8 Å². The van der Waals surface area contributed by atoms with Gasteiger partial charge in [0.25, 0.3) is 0 Å². The molecule has 2 rings (SSSR count). The normalized spacial score (nSPS) is 18.1. The van der Waals surface area contributed by atoms with Crippen molar-refractivity contribution in [3.8, 4) is 11.5 Å². The van der Waals surface area contributed by atoms with Gasteiger partial charge in [0.05, 0.1) is 20.3 Å². The van der Waals surface area contributed by atoms with Crippen molar-refractivity contribution in [2.75, 3.05) is 14.2 Å². The van der Waals surface area contributed by atoms with Crippen LogP contribution in [0.3, 0.4) is 0 Å². The molecule has 0 aliphatic heterocycles. The Bertz CT molecular complexity index is 370. The lowest BCUT2D eigenvalue weighted by atomic mass is 9.93. The molecule has 0 spiro atoms. The lowest BCUT2D eigenvalue weighted by Crippen LogP contribution is -2.10. The third kappa shape index (κ3) is 2.55. The van der Waals surface area contributed by atoms with Crippen LogP contribution in [0.1, 0.15) is 37.4 Å². The fourth-order valence-corrected chi connectivity index (χ4v) is 2.60. The fraction of sp³-hybridized carbons (Fsp3) is 0.571. The minimum atomic E-state index is -0.442. The maximum absolute atomic E-state index is 10.4. The highest BCUT2D eigenvalue weighted by atomic mass is 16.5. The SMILES string of the molecule is COc1ccc(OC)c(C(O)C2CCCC2)c1. The molecule has 1 atom stereocenters. The second-order valence-electron chi connectivity index (χ2n) is 4.60. The van der Waals surface area contributed by atoms with Crippen LogP contribution in [0, 0.1) is 5.92 Å². The molecular formula is C14H20O3. The van der Waals surface area contributed by atoms with E-state index in [0.29, 0.717) is 5.92 Å². The number of ether oxygens (including phenoxy) is 2. The van der Waals surface area contributed by atoms with E-state index in [1.807, 2.05) is 18.2 Å². The number of rotatable bonds is 4. The molecule has 3 heteroatoms. The van der Waals surface area contributed by atoms with E-state index in [1.54, 1.807) is 14.2 Å². The Balaban J connectivity index is 2.27. The summed E-state index contributed by atoms with van der Waals surface area (Å²) >= 11 is 0. The van der Waals surface area contributed by atoms with Gasteiger partial charge in [-0.3, -0.25) is 0 Å². The van der Waals surface area contributed by atoms with Crippen LogP contribution in [0.2, 0.25) is 0 Å². The van der Waals surface area contributed by atoms with Gasteiger partial charge in [-0.15, -0.1) is 0 Å². The minimum absolute atomic E-state index is 0.357. The van der Waals surface area contributed by atoms with E-state index in [4.69, 9.17) is 9.47 Å². The summed E-state index contributed by atoms with van der Waals surface area (Å²) in [7, 11) is 3.26. The summed E-state index contributed by atoms with van der Waals surface area (Å²) < 4.78 is 10.5. The predicted molar refractivity (Wildman–Crippen MR) is 66.5 cm³/mol. The van der Waals surface area contributed by atoms with Gasteiger partial charge in [-0.05, 0) is 37.0 Å². The molecule has 1 aliphatic carbocycles. The summed E-state index contributed by atoms with van der Waals surface area (Å²) in [5, 5.41) is 10.4. The van der Waals surface area contributed by atoms with Crippen LogP contribution in [0.15, 0.2) is 18.2 Å². The van der Waals surface area contributed by atoms with E-state index in [2.05, 4.69) is 0 Å². The van der Waals surface area contributed by atoms with E-state index in [9.17, 15) is 5.11 Å². The quantitative estimate of drug-likeness (QED) is 0.873. The van der Waals surface area contributed by atoms with Crippen LogP contribution in [0.5, 0.6) is 11.5 Å². The first-order chi connectivity index (χ1) is 8.26. The largest absolute Gasteiger partial charge is 0.497 e. The molecule has 0 amide bonds. The molecule has 17 heavy (non-hydrogen) atoms. The summed E-state index contributed by atoms with van der Waals surface area (Å²) in [5.74, 6) is 1.86. The number of hydrogen-bond acceptors (Lipinski definition) is 3. The van der Waals surface area contributed by atoms with Crippen molar-refractivity contribution in [1.29, 1.82) is 0 Å². The summed E-state index contributed by atoms with van der Waals surface area (Å²) in [6.07, 6.45) is 4.19. The van der Waals surface area contributed by atoms with Crippen LogP contribution in [0.4, 0.5) is 0 Å². The topological polar surface area (TPSA) is 38.7 Å². The second kappa shape index (κ2) is 5.41. The number of methoxy groups -OCH3 is 2. The fourth-order valence-electron chi connectivity index (χ4n) is 2.60. The van der Waals surface area contributed by atoms with Crippen LogP contribution < -0.4 is 9.47 Å². The number of aliphatic hydroxyl groups excluding tert-OH is 1. The highest BCUT2D eigenvalue weighted by Crippen LogP contribution is 2.40. The third-order valence-corrected chi connectivity index (χ3v) is 3.60. The Morgan fingerprint density at radius 3 is 2.47 bits per heavy atom. The van der Waals surface area contributed by atoms with Crippen molar-refractivity contribution in [2.24, 2.45) is 5.92 Å². The molecule has 94 valence electrons. The number of benzene rings is 1.